The summed E-state index contributed by atoms with van der Waals surface area (Å²) in [7, 11) is 0. The van der Waals surface area contributed by atoms with Crippen LogP contribution in [0.3, 0.4) is 0 Å². The van der Waals surface area contributed by atoms with Gasteiger partial charge in [0.1, 0.15) is 0 Å². The Morgan fingerprint density at radius 2 is 2.15 bits per heavy atom. The number of allylic oxidation sites excluding steroid dienone is 2. The SMILES string of the molecule is C=C/C(=C\N=C)C(CC)CCCC. The van der Waals surface area contributed by atoms with Crippen LogP contribution in [0.1, 0.15) is 39.5 Å². The monoisotopic (exact) mass is 179 g/mol. The van der Waals surface area contributed by atoms with E-state index in [4.69, 9.17) is 0 Å². The van der Waals surface area contributed by atoms with Crippen molar-refractivity contribution in [2.75, 3.05) is 0 Å². The smallest absolute Gasteiger partial charge is 0.0295 e. The van der Waals surface area contributed by atoms with Crippen molar-refractivity contribution in [3.05, 3.63) is 24.4 Å². The van der Waals surface area contributed by atoms with Gasteiger partial charge in [0.15, 0.2) is 0 Å². The Labute approximate surface area is 82.3 Å². The van der Waals surface area contributed by atoms with Gasteiger partial charge in [-0.3, -0.25) is 4.99 Å². The summed E-state index contributed by atoms with van der Waals surface area (Å²) in [5.74, 6) is 0.614. The van der Waals surface area contributed by atoms with Gasteiger partial charge in [-0.2, -0.15) is 0 Å². The highest BCUT2D eigenvalue weighted by Crippen LogP contribution is 2.22. The lowest BCUT2D eigenvalue weighted by molar-refractivity contribution is 0.523. The second kappa shape index (κ2) is 7.78. The van der Waals surface area contributed by atoms with Crippen molar-refractivity contribution >= 4 is 6.72 Å². The largest absolute Gasteiger partial charge is 0.272 e. The zero-order valence-corrected chi connectivity index (χ0v) is 8.92. The Kier molecular flexibility index (Phi) is 7.27. The van der Waals surface area contributed by atoms with Crippen LogP contribution in [0, 0.1) is 5.92 Å². The molecule has 1 nitrogen and oxygen atoms in total. The lowest BCUT2D eigenvalue weighted by Gasteiger charge is -2.14. The first kappa shape index (κ1) is 12.2. The molecule has 0 aliphatic rings. The predicted octanol–water partition coefficient (Wildman–Crippen LogP) is 3.97. The Morgan fingerprint density at radius 1 is 1.46 bits per heavy atom. The van der Waals surface area contributed by atoms with Gasteiger partial charge in [-0.05, 0) is 31.1 Å². The molecule has 0 aliphatic carbocycles. The molecule has 0 saturated carbocycles. The molecule has 0 aromatic carbocycles. The second-order valence-corrected chi connectivity index (χ2v) is 3.26. The third-order valence-corrected chi connectivity index (χ3v) is 2.35. The summed E-state index contributed by atoms with van der Waals surface area (Å²) in [5.41, 5.74) is 1.23. The zero-order valence-electron chi connectivity index (χ0n) is 8.92. The number of rotatable bonds is 7. The van der Waals surface area contributed by atoms with E-state index >= 15 is 0 Å². The molecule has 1 unspecified atom stereocenters. The maximum absolute atomic E-state index is 3.80. The van der Waals surface area contributed by atoms with E-state index in [1.54, 1.807) is 0 Å². The van der Waals surface area contributed by atoms with Crippen LogP contribution in [0.15, 0.2) is 29.4 Å². The lowest BCUT2D eigenvalue weighted by Crippen LogP contribution is -2.00. The van der Waals surface area contributed by atoms with Crippen LogP contribution in [0.4, 0.5) is 0 Å². The maximum atomic E-state index is 3.80. The van der Waals surface area contributed by atoms with Crippen LogP contribution < -0.4 is 0 Å². The molecule has 0 radical (unpaired) electrons. The summed E-state index contributed by atoms with van der Waals surface area (Å²) in [5, 5.41) is 0. The highest BCUT2D eigenvalue weighted by molar-refractivity contribution is 5.29. The predicted molar refractivity (Wildman–Crippen MR) is 61.1 cm³/mol. The highest BCUT2D eigenvalue weighted by atomic mass is 14.6. The Balaban J connectivity index is 4.24. The molecule has 0 aromatic rings. The van der Waals surface area contributed by atoms with Crippen molar-refractivity contribution in [2.45, 2.75) is 39.5 Å². The van der Waals surface area contributed by atoms with Crippen molar-refractivity contribution in [1.29, 1.82) is 0 Å². The summed E-state index contributed by atoms with van der Waals surface area (Å²) < 4.78 is 0. The van der Waals surface area contributed by atoms with Gasteiger partial charge in [-0.1, -0.05) is 39.3 Å². The fourth-order valence-electron chi connectivity index (χ4n) is 1.49. The molecule has 0 aromatic heterocycles. The van der Waals surface area contributed by atoms with E-state index in [0.717, 1.165) is 6.42 Å². The molecule has 0 amide bonds. The molecular weight excluding hydrogens is 158 g/mol. The fourth-order valence-corrected chi connectivity index (χ4v) is 1.49. The van der Waals surface area contributed by atoms with Crippen LogP contribution in [0.5, 0.6) is 0 Å². The average molecular weight is 179 g/mol. The summed E-state index contributed by atoms with van der Waals surface area (Å²) in [6.45, 7) is 11.7. The van der Waals surface area contributed by atoms with Crippen LogP contribution in [-0.4, -0.2) is 6.72 Å². The number of nitrogens with zero attached hydrogens (tertiary/aromatic N) is 1. The van der Waals surface area contributed by atoms with Gasteiger partial charge in [-0.25, -0.2) is 0 Å². The maximum Gasteiger partial charge on any atom is 0.0295 e. The van der Waals surface area contributed by atoms with E-state index in [-0.39, 0.29) is 0 Å². The summed E-state index contributed by atoms with van der Waals surface area (Å²) in [4.78, 5) is 3.80. The summed E-state index contributed by atoms with van der Waals surface area (Å²) >= 11 is 0. The van der Waals surface area contributed by atoms with Gasteiger partial charge in [0.05, 0.1) is 0 Å². The molecule has 0 bridgehead atoms. The first-order chi connectivity index (χ1) is 6.29. The molecule has 0 saturated heterocycles. The first-order valence-corrected chi connectivity index (χ1v) is 5.08. The van der Waals surface area contributed by atoms with E-state index in [1.807, 2.05) is 12.3 Å². The molecule has 1 heteroatoms. The van der Waals surface area contributed by atoms with E-state index < -0.39 is 0 Å². The normalized spacial score (nSPS) is 13.8. The quantitative estimate of drug-likeness (QED) is 0.414. The average Bonchev–Trinajstić information content (AvgIpc) is 2.17. The summed E-state index contributed by atoms with van der Waals surface area (Å²) in [6.07, 6.45) is 8.66. The number of unbranched alkanes of at least 4 members (excludes halogenated alkanes) is 1. The number of hydrogen-bond donors (Lipinski definition) is 0. The van der Waals surface area contributed by atoms with Crippen molar-refractivity contribution in [1.82, 2.24) is 0 Å². The second-order valence-electron chi connectivity index (χ2n) is 3.26. The van der Waals surface area contributed by atoms with Crippen molar-refractivity contribution < 1.29 is 0 Å². The van der Waals surface area contributed by atoms with Crippen LogP contribution >= 0.6 is 0 Å². The van der Waals surface area contributed by atoms with E-state index in [0.29, 0.717) is 5.92 Å². The van der Waals surface area contributed by atoms with Crippen LogP contribution in [0.25, 0.3) is 0 Å². The lowest BCUT2D eigenvalue weighted by atomic mass is 9.91. The third kappa shape index (κ3) is 4.66. The molecule has 0 N–H and O–H groups in total. The molecule has 74 valence electrons. The molecule has 1 atom stereocenters. The minimum Gasteiger partial charge on any atom is -0.272 e. The fraction of sp³-hybridized carbons (Fsp3) is 0.583. The van der Waals surface area contributed by atoms with Crippen LogP contribution in [0.2, 0.25) is 0 Å². The minimum atomic E-state index is 0.614. The van der Waals surface area contributed by atoms with Crippen LogP contribution in [-0.2, 0) is 0 Å². The van der Waals surface area contributed by atoms with Crippen molar-refractivity contribution in [2.24, 2.45) is 10.9 Å². The molecular formula is C12H21N. The first-order valence-electron chi connectivity index (χ1n) is 5.08. The molecule has 13 heavy (non-hydrogen) atoms. The number of aliphatic imine (C=N–C) groups is 1. The Hall–Kier alpha value is -0.850. The van der Waals surface area contributed by atoms with Crippen molar-refractivity contribution in [3.63, 3.8) is 0 Å². The third-order valence-electron chi connectivity index (χ3n) is 2.35. The van der Waals surface area contributed by atoms with E-state index in [1.165, 1.54) is 24.8 Å². The standard InChI is InChI=1S/C12H21N/c1-5-8-9-11(6-2)12(7-3)10-13-4/h7,10-11H,3-6,8-9H2,1-2H3/b12-10+. The molecule has 0 spiro atoms. The van der Waals surface area contributed by atoms with E-state index in [9.17, 15) is 0 Å². The molecule has 0 aliphatic heterocycles. The topological polar surface area (TPSA) is 12.4 Å². The number of hydrogen-bond acceptors (Lipinski definition) is 1. The van der Waals surface area contributed by atoms with Gasteiger partial charge in [0.25, 0.3) is 0 Å². The van der Waals surface area contributed by atoms with Gasteiger partial charge in [-0.15, -0.1) is 0 Å². The van der Waals surface area contributed by atoms with Gasteiger partial charge in [0, 0.05) is 6.20 Å². The summed E-state index contributed by atoms with van der Waals surface area (Å²) in [6, 6.07) is 0. The van der Waals surface area contributed by atoms with Crippen molar-refractivity contribution in [3.8, 4) is 0 Å². The molecule has 0 rings (SSSR count). The zero-order chi connectivity index (χ0) is 10.1. The Morgan fingerprint density at radius 3 is 2.54 bits per heavy atom. The molecule has 0 heterocycles. The highest BCUT2D eigenvalue weighted by Gasteiger charge is 2.08. The van der Waals surface area contributed by atoms with Gasteiger partial charge in [0.2, 0.25) is 0 Å². The molecule has 0 fully saturated rings. The van der Waals surface area contributed by atoms with Gasteiger partial charge < -0.3 is 0 Å². The van der Waals surface area contributed by atoms with E-state index in [2.05, 4.69) is 32.1 Å². The van der Waals surface area contributed by atoms with Gasteiger partial charge >= 0.3 is 0 Å². The minimum absolute atomic E-state index is 0.614. The Bertz CT molecular complexity index is 180.